The van der Waals surface area contributed by atoms with Crippen LogP contribution >= 0.6 is 0 Å². The van der Waals surface area contributed by atoms with E-state index in [4.69, 9.17) is 10.2 Å². The summed E-state index contributed by atoms with van der Waals surface area (Å²) in [5.74, 6) is 7.22. The van der Waals surface area contributed by atoms with Crippen LogP contribution in [-0.4, -0.2) is 57.0 Å². The zero-order valence-corrected chi connectivity index (χ0v) is 16.9. The number of aliphatic carboxylic acids is 2. The first kappa shape index (κ1) is 25.3. The number of nitrogens with one attached hydrogen (secondary N) is 2. The molecule has 0 spiro atoms. The fourth-order valence-electron chi connectivity index (χ4n) is 1.81. The minimum Gasteiger partial charge on any atom is -0.481 e. The maximum atomic E-state index is 10.9. The second kappa shape index (κ2) is 15.2. The minimum atomic E-state index is -1.09. The Morgan fingerprint density at radius 2 is 1.16 bits per heavy atom. The molecule has 10 heteroatoms. The summed E-state index contributed by atoms with van der Waals surface area (Å²) in [5, 5.41) is 20.6. The minimum absolute atomic E-state index is 0.152. The molecule has 2 amide bonds. The molecule has 0 aliphatic heterocycles. The Labute approximate surface area is 184 Å². The van der Waals surface area contributed by atoms with Crippen molar-refractivity contribution in [2.24, 2.45) is 0 Å². The molecule has 2 aromatic rings. The lowest BCUT2D eigenvalue weighted by Gasteiger charge is -2.03. The van der Waals surface area contributed by atoms with E-state index in [2.05, 4.69) is 44.3 Å². The first-order valence-electron chi connectivity index (χ1n) is 9.20. The standard InChI is InChI=1S/C14H8N2.C8H12N2O6/c1(5-13-7-3-9-15-11-13)2-6-14-8-4-10-16-12-14;11-5(12)1-3-9-7(15)8(16)10-4-2-6(13)14/h3-4,7-12H;1-4H2,(H,9,15)(H,10,16)(H,11,12)(H,13,14). The SMILES string of the molecule is C(C#Cc1cccnc1)#Cc1cccnc1.O=C(O)CCNC(=O)C(=O)NCCC(=O)O. The predicted octanol–water partition coefficient (Wildman–Crippen LogP) is 0.0480. The highest BCUT2D eigenvalue weighted by Gasteiger charge is 2.12. The number of aromatic nitrogens is 2. The number of amides is 2. The Hall–Kier alpha value is -4.70. The van der Waals surface area contributed by atoms with Crippen LogP contribution in [0.25, 0.3) is 0 Å². The van der Waals surface area contributed by atoms with Crippen molar-refractivity contribution in [3.63, 3.8) is 0 Å². The molecule has 0 atom stereocenters. The fourth-order valence-corrected chi connectivity index (χ4v) is 1.81. The van der Waals surface area contributed by atoms with Crippen molar-refractivity contribution in [2.75, 3.05) is 13.1 Å². The van der Waals surface area contributed by atoms with Gasteiger partial charge < -0.3 is 20.8 Å². The van der Waals surface area contributed by atoms with Crippen LogP contribution in [0.4, 0.5) is 0 Å². The molecule has 0 saturated carbocycles. The zero-order chi connectivity index (χ0) is 23.6. The van der Waals surface area contributed by atoms with Crippen molar-refractivity contribution >= 4 is 23.8 Å². The van der Waals surface area contributed by atoms with Gasteiger partial charge in [0, 0.05) is 49.0 Å². The van der Waals surface area contributed by atoms with Gasteiger partial charge in [-0.05, 0) is 36.1 Å². The highest BCUT2D eigenvalue weighted by atomic mass is 16.4. The molecule has 0 saturated heterocycles. The van der Waals surface area contributed by atoms with Gasteiger partial charge in [0.25, 0.3) is 0 Å². The first-order chi connectivity index (χ1) is 15.4. The molecule has 0 aliphatic carbocycles. The van der Waals surface area contributed by atoms with E-state index in [0.717, 1.165) is 11.1 Å². The maximum Gasteiger partial charge on any atom is 0.309 e. The van der Waals surface area contributed by atoms with Crippen LogP contribution in [0.5, 0.6) is 0 Å². The number of pyridine rings is 2. The molecule has 32 heavy (non-hydrogen) atoms. The summed E-state index contributed by atoms with van der Waals surface area (Å²) in [4.78, 5) is 50.0. The van der Waals surface area contributed by atoms with Gasteiger partial charge in [-0.1, -0.05) is 11.8 Å². The molecule has 0 radical (unpaired) electrons. The molecule has 0 unspecified atom stereocenters. The third-order valence-electron chi connectivity index (χ3n) is 3.25. The monoisotopic (exact) mass is 436 g/mol. The van der Waals surface area contributed by atoms with Crippen LogP contribution in [0.3, 0.4) is 0 Å². The van der Waals surface area contributed by atoms with Gasteiger partial charge in [0.05, 0.1) is 12.8 Å². The molecular weight excluding hydrogens is 416 g/mol. The molecule has 2 heterocycles. The Kier molecular flexibility index (Phi) is 12.0. The number of rotatable bonds is 6. The van der Waals surface area contributed by atoms with E-state index in [1.54, 1.807) is 24.8 Å². The van der Waals surface area contributed by atoms with Crippen molar-refractivity contribution in [2.45, 2.75) is 12.8 Å². The lowest BCUT2D eigenvalue weighted by molar-refractivity contribution is -0.141. The first-order valence-corrected chi connectivity index (χ1v) is 9.20. The highest BCUT2D eigenvalue weighted by Crippen LogP contribution is 1.92. The van der Waals surface area contributed by atoms with Crippen LogP contribution in [0.15, 0.2) is 49.1 Å². The fraction of sp³-hybridized carbons (Fsp3) is 0.182. The highest BCUT2D eigenvalue weighted by molar-refractivity contribution is 6.35. The van der Waals surface area contributed by atoms with Gasteiger partial charge in [0.1, 0.15) is 0 Å². The normalized spacial score (nSPS) is 8.75. The van der Waals surface area contributed by atoms with Gasteiger partial charge in [-0.15, -0.1) is 0 Å². The van der Waals surface area contributed by atoms with E-state index in [1.165, 1.54) is 0 Å². The molecule has 0 aromatic carbocycles. The van der Waals surface area contributed by atoms with Crippen molar-refractivity contribution in [3.05, 3.63) is 60.2 Å². The molecule has 4 N–H and O–H groups in total. The summed E-state index contributed by atoms with van der Waals surface area (Å²) < 4.78 is 0. The lowest BCUT2D eigenvalue weighted by Crippen LogP contribution is -2.41. The van der Waals surface area contributed by atoms with Gasteiger partial charge in [-0.3, -0.25) is 29.1 Å². The van der Waals surface area contributed by atoms with E-state index in [9.17, 15) is 19.2 Å². The number of hydrogen-bond acceptors (Lipinski definition) is 6. The number of hydrogen-bond donors (Lipinski definition) is 4. The molecule has 10 nitrogen and oxygen atoms in total. The smallest absolute Gasteiger partial charge is 0.309 e. The molecular formula is C22H20N4O6. The van der Waals surface area contributed by atoms with Crippen molar-refractivity contribution in [1.82, 2.24) is 20.6 Å². The van der Waals surface area contributed by atoms with E-state index in [1.807, 2.05) is 24.3 Å². The lowest BCUT2D eigenvalue weighted by atomic mass is 10.3. The molecule has 164 valence electrons. The largest absolute Gasteiger partial charge is 0.481 e. The van der Waals surface area contributed by atoms with E-state index in [-0.39, 0.29) is 25.9 Å². The quantitative estimate of drug-likeness (QED) is 0.365. The Morgan fingerprint density at radius 1 is 0.750 bits per heavy atom. The van der Waals surface area contributed by atoms with E-state index < -0.39 is 23.8 Å². The van der Waals surface area contributed by atoms with Gasteiger partial charge in [-0.2, -0.15) is 0 Å². The van der Waals surface area contributed by atoms with Crippen LogP contribution < -0.4 is 10.6 Å². The number of carbonyl (C=O) groups excluding carboxylic acids is 2. The molecule has 2 aromatic heterocycles. The number of carboxylic acids is 2. The third-order valence-corrected chi connectivity index (χ3v) is 3.25. The second-order valence-electron chi connectivity index (χ2n) is 5.78. The van der Waals surface area contributed by atoms with Crippen LogP contribution in [0, 0.1) is 23.7 Å². The number of carboxylic acid groups (broad SMARTS) is 2. The Morgan fingerprint density at radius 3 is 1.47 bits per heavy atom. The third kappa shape index (κ3) is 12.7. The van der Waals surface area contributed by atoms with E-state index in [0.29, 0.717) is 0 Å². The molecule has 0 bridgehead atoms. The Bertz CT molecular complexity index is 949. The van der Waals surface area contributed by atoms with Gasteiger partial charge in [-0.25, -0.2) is 0 Å². The van der Waals surface area contributed by atoms with Gasteiger partial charge in [0.2, 0.25) is 0 Å². The summed E-state index contributed by atoms with van der Waals surface area (Å²) in [6.45, 7) is -0.305. The topological polar surface area (TPSA) is 159 Å². The van der Waals surface area contributed by atoms with Crippen LogP contribution in [-0.2, 0) is 19.2 Å². The summed E-state index contributed by atoms with van der Waals surface area (Å²) in [7, 11) is 0. The summed E-state index contributed by atoms with van der Waals surface area (Å²) in [5.41, 5.74) is 1.73. The van der Waals surface area contributed by atoms with E-state index >= 15 is 0 Å². The van der Waals surface area contributed by atoms with Crippen molar-refractivity contribution in [1.29, 1.82) is 0 Å². The summed E-state index contributed by atoms with van der Waals surface area (Å²) in [6, 6.07) is 7.48. The van der Waals surface area contributed by atoms with Crippen LogP contribution in [0.2, 0.25) is 0 Å². The second-order valence-corrected chi connectivity index (χ2v) is 5.78. The van der Waals surface area contributed by atoms with Crippen LogP contribution in [0.1, 0.15) is 24.0 Å². The van der Waals surface area contributed by atoms with Crippen molar-refractivity contribution < 1.29 is 29.4 Å². The molecule has 2 rings (SSSR count). The Balaban J connectivity index is 0.000000320. The molecule has 0 fully saturated rings. The molecule has 0 aliphatic rings. The number of carbonyl (C=O) groups is 4. The summed E-state index contributed by atoms with van der Waals surface area (Å²) in [6.07, 6.45) is 6.28. The average molecular weight is 436 g/mol. The maximum absolute atomic E-state index is 10.9. The predicted molar refractivity (Wildman–Crippen MR) is 113 cm³/mol. The zero-order valence-electron chi connectivity index (χ0n) is 16.9. The summed E-state index contributed by atoms with van der Waals surface area (Å²) >= 11 is 0. The van der Waals surface area contributed by atoms with Gasteiger partial charge in [0.15, 0.2) is 0 Å². The van der Waals surface area contributed by atoms with Crippen molar-refractivity contribution in [3.8, 4) is 23.7 Å². The average Bonchev–Trinajstić information content (AvgIpc) is 2.78. The number of nitrogens with zero attached hydrogens (tertiary/aromatic N) is 2. The van der Waals surface area contributed by atoms with Gasteiger partial charge >= 0.3 is 23.8 Å².